The van der Waals surface area contributed by atoms with Crippen molar-refractivity contribution in [2.75, 3.05) is 18.4 Å². The van der Waals surface area contributed by atoms with E-state index in [1.54, 1.807) is 19.1 Å². The van der Waals surface area contributed by atoms with Gasteiger partial charge < -0.3 is 9.73 Å². The number of fused-ring (bicyclic) bond motifs is 1. The maximum atomic E-state index is 13.5. The zero-order chi connectivity index (χ0) is 21.3. The number of rotatable bonds is 4. The molecule has 1 fully saturated rings. The van der Waals surface area contributed by atoms with E-state index in [-0.39, 0.29) is 10.7 Å². The molecule has 1 N–H and O–H groups in total. The average molecular weight is 431 g/mol. The Bertz CT molecular complexity index is 1180. The van der Waals surface area contributed by atoms with Gasteiger partial charge in [0, 0.05) is 29.7 Å². The number of amides is 1. The first-order chi connectivity index (χ1) is 14.4. The monoisotopic (exact) mass is 430 g/mol. The number of carbonyl (C=O) groups is 1. The van der Waals surface area contributed by atoms with Gasteiger partial charge in [0.2, 0.25) is 10.0 Å². The van der Waals surface area contributed by atoms with Gasteiger partial charge in [-0.05, 0) is 62.2 Å². The van der Waals surface area contributed by atoms with Crippen LogP contribution in [0.15, 0.2) is 51.8 Å². The Morgan fingerprint density at radius 2 is 1.70 bits per heavy atom. The first-order valence-corrected chi connectivity index (χ1v) is 11.4. The molecule has 30 heavy (non-hydrogen) atoms. The highest BCUT2D eigenvalue weighted by Gasteiger charge is 2.25. The Hall–Kier alpha value is -2.71. The summed E-state index contributed by atoms with van der Waals surface area (Å²) < 4.78 is 46.3. The topological polar surface area (TPSA) is 79.6 Å². The maximum Gasteiger partial charge on any atom is 0.291 e. The van der Waals surface area contributed by atoms with Gasteiger partial charge >= 0.3 is 0 Å². The molecule has 0 aliphatic carbocycles. The molecule has 6 nitrogen and oxygen atoms in total. The van der Waals surface area contributed by atoms with Crippen LogP contribution in [-0.2, 0) is 10.0 Å². The van der Waals surface area contributed by atoms with E-state index in [2.05, 4.69) is 5.32 Å². The van der Waals surface area contributed by atoms with Crippen molar-refractivity contribution in [3.05, 3.63) is 59.6 Å². The zero-order valence-corrected chi connectivity index (χ0v) is 17.5. The fourth-order valence-electron chi connectivity index (χ4n) is 3.74. The molecule has 4 rings (SSSR count). The van der Waals surface area contributed by atoms with Crippen molar-refractivity contribution >= 4 is 32.6 Å². The van der Waals surface area contributed by atoms with Crippen LogP contribution in [0.2, 0.25) is 0 Å². The molecule has 1 amide bonds. The number of halogens is 1. The minimum Gasteiger partial charge on any atom is -0.451 e. The van der Waals surface area contributed by atoms with Crippen molar-refractivity contribution < 1.29 is 22.0 Å². The van der Waals surface area contributed by atoms with Crippen LogP contribution in [0.3, 0.4) is 0 Å². The molecule has 1 aromatic heterocycles. The van der Waals surface area contributed by atoms with Gasteiger partial charge in [-0.15, -0.1) is 0 Å². The molecule has 0 unspecified atom stereocenters. The summed E-state index contributed by atoms with van der Waals surface area (Å²) in [5, 5.41) is 3.25. The minimum atomic E-state index is -3.54. The molecule has 0 spiro atoms. The van der Waals surface area contributed by atoms with E-state index in [1.165, 1.54) is 34.6 Å². The molecule has 3 aromatic rings. The molecule has 0 saturated carbocycles. The summed E-state index contributed by atoms with van der Waals surface area (Å²) in [5.41, 5.74) is 1.42. The van der Waals surface area contributed by atoms with E-state index in [9.17, 15) is 17.6 Å². The van der Waals surface area contributed by atoms with Crippen LogP contribution in [0.5, 0.6) is 0 Å². The van der Waals surface area contributed by atoms with Crippen LogP contribution in [0.25, 0.3) is 11.0 Å². The molecule has 0 atom stereocenters. The Morgan fingerprint density at radius 3 is 2.37 bits per heavy atom. The second-order valence-corrected chi connectivity index (χ2v) is 9.43. The first-order valence-electron chi connectivity index (χ1n) is 9.96. The maximum absolute atomic E-state index is 13.5. The number of nitrogens with one attached hydrogen (secondary N) is 1. The quantitative estimate of drug-likeness (QED) is 0.651. The Labute approximate surface area is 174 Å². The molecule has 1 saturated heterocycles. The molecule has 0 bridgehead atoms. The highest BCUT2D eigenvalue weighted by molar-refractivity contribution is 7.89. The molecule has 0 radical (unpaired) electrons. The molecule has 2 aromatic carbocycles. The lowest BCUT2D eigenvalue weighted by atomic mass is 10.1. The van der Waals surface area contributed by atoms with Crippen molar-refractivity contribution in [2.45, 2.75) is 37.5 Å². The summed E-state index contributed by atoms with van der Waals surface area (Å²) in [6.07, 6.45) is 3.83. The minimum absolute atomic E-state index is 0.0943. The van der Waals surface area contributed by atoms with Crippen molar-refractivity contribution in [3.63, 3.8) is 0 Å². The number of anilines is 1. The summed E-state index contributed by atoms with van der Waals surface area (Å²) in [6.45, 7) is 2.76. The van der Waals surface area contributed by atoms with E-state index < -0.39 is 21.7 Å². The van der Waals surface area contributed by atoms with Crippen molar-refractivity contribution in [1.29, 1.82) is 0 Å². The number of hydrogen-bond acceptors (Lipinski definition) is 4. The van der Waals surface area contributed by atoms with Gasteiger partial charge in [0.15, 0.2) is 5.76 Å². The molecular weight excluding hydrogens is 407 g/mol. The predicted molar refractivity (Wildman–Crippen MR) is 113 cm³/mol. The van der Waals surface area contributed by atoms with Crippen LogP contribution < -0.4 is 5.32 Å². The zero-order valence-electron chi connectivity index (χ0n) is 16.7. The third-order valence-corrected chi connectivity index (χ3v) is 7.33. The highest BCUT2D eigenvalue weighted by atomic mass is 32.2. The number of benzene rings is 2. The number of sulfonamides is 1. The fraction of sp³-hybridized carbons (Fsp3) is 0.318. The third-order valence-electron chi connectivity index (χ3n) is 5.42. The van der Waals surface area contributed by atoms with Crippen molar-refractivity contribution in [2.24, 2.45) is 0 Å². The van der Waals surface area contributed by atoms with Gasteiger partial charge in [-0.1, -0.05) is 12.8 Å². The molecular formula is C22H23FN2O4S. The third kappa shape index (κ3) is 3.97. The molecule has 2 heterocycles. The van der Waals surface area contributed by atoms with Crippen LogP contribution >= 0.6 is 0 Å². The normalized spacial score (nSPS) is 15.8. The van der Waals surface area contributed by atoms with Crippen LogP contribution in [-0.4, -0.2) is 31.7 Å². The number of nitrogens with zero attached hydrogens (tertiary/aromatic N) is 1. The Kier molecular flexibility index (Phi) is 5.62. The fourth-order valence-corrected chi connectivity index (χ4v) is 5.26. The van der Waals surface area contributed by atoms with Gasteiger partial charge in [0.1, 0.15) is 11.4 Å². The first kappa shape index (κ1) is 20.6. The van der Waals surface area contributed by atoms with Gasteiger partial charge in [-0.3, -0.25) is 4.79 Å². The van der Waals surface area contributed by atoms with Crippen molar-refractivity contribution in [3.8, 4) is 0 Å². The lowest BCUT2D eigenvalue weighted by Crippen LogP contribution is -2.31. The van der Waals surface area contributed by atoms with Crippen LogP contribution in [0, 0.1) is 12.7 Å². The number of hydrogen-bond donors (Lipinski definition) is 1. The number of furan rings is 1. The van der Waals surface area contributed by atoms with E-state index >= 15 is 0 Å². The van der Waals surface area contributed by atoms with Gasteiger partial charge in [-0.25, -0.2) is 12.8 Å². The SMILES string of the molecule is Cc1c(C(=O)Nc2ccc(S(=O)(=O)N3CCCCCC3)cc2)oc2ccc(F)cc12. The summed E-state index contributed by atoms with van der Waals surface area (Å²) in [6, 6.07) is 10.2. The Balaban J connectivity index is 1.52. The van der Waals surface area contributed by atoms with Crippen molar-refractivity contribution in [1.82, 2.24) is 4.31 Å². The number of carbonyl (C=O) groups excluding carboxylic acids is 1. The summed E-state index contributed by atoms with van der Waals surface area (Å²) >= 11 is 0. The van der Waals surface area contributed by atoms with E-state index in [0.717, 1.165) is 25.7 Å². The Morgan fingerprint density at radius 1 is 1.03 bits per heavy atom. The molecule has 8 heteroatoms. The van der Waals surface area contributed by atoms with Crippen LogP contribution in [0.4, 0.5) is 10.1 Å². The van der Waals surface area contributed by atoms with E-state index in [0.29, 0.717) is 35.3 Å². The number of aryl methyl sites for hydroxylation is 1. The molecule has 1 aliphatic rings. The largest absolute Gasteiger partial charge is 0.451 e. The lowest BCUT2D eigenvalue weighted by Gasteiger charge is -2.20. The summed E-state index contributed by atoms with van der Waals surface area (Å²) in [7, 11) is -3.54. The standard InChI is InChI=1S/C22H23FN2O4S/c1-15-19-14-16(23)6-11-20(19)29-21(15)22(26)24-17-7-9-18(10-8-17)30(27,28)25-12-4-2-3-5-13-25/h6-11,14H,2-5,12-13H2,1H3,(H,24,26). The predicted octanol–water partition coefficient (Wildman–Crippen LogP) is 4.70. The average Bonchev–Trinajstić information content (AvgIpc) is 2.89. The molecule has 158 valence electrons. The second-order valence-electron chi connectivity index (χ2n) is 7.49. The van der Waals surface area contributed by atoms with Gasteiger partial charge in [0.25, 0.3) is 5.91 Å². The highest BCUT2D eigenvalue weighted by Crippen LogP contribution is 2.27. The summed E-state index contributed by atoms with van der Waals surface area (Å²) in [4.78, 5) is 12.8. The second kappa shape index (κ2) is 8.20. The van der Waals surface area contributed by atoms with Gasteiger partial charge in [0.05, 0.1) is 4.90 Å². The lowest BCUT2D eigenvalue weighted by molar-refractivity contribution is 0.0998. The molecule has 1 aliphatic heterocycles. The smallest absolute Gasteiger partial charge is 0.291 e. The summed E-state index contributed by atoms with van der Waals surface area (Å²) in [5.74, 6) is -0.788. The van der Waals surface area contributed by atoms with Gasteiger partial charge in [-0.2, -0.15) is 4.31 Å². The van der Waals surface area contributed by atoms with Crippen LogP contribution in [0.1, 0.15) is 41.8 Å². The van der Waals surface area contributed by atoms with E-state index in [4.69, 9.17) is 4.42 Å². The van der Waals surface area contributed by atoms with E-state index in [1.807, 2.05) is 0 Å².